The second kappa shape index (κ2) is 8.20. The van der Waals surface area contributed by atoms with Crippen molar-refractivity contribution in [2.75, 3.05) is 33.9 Å². The molecule has 1 aromatic carbocycles. The molecule has 0 radical (unpaired) electrons. The van der Waals surface area contributed by atoms with E-state index >= 15 is 0 Å². The highest BCUT2D eigenvalue weighted by atomic mass is 16.5. The van der Waals surface area contributed by atoms with E-state index in [-0.39, 0.29) is 17.9 Å². The number of methoxy groups -OCH3 is 2. The topological polar surface area (TPSA) is 50.8 Å². The first-order valence-corrected chi connectivity index (χ1v) is 8.30. The van der Waals surface area contributed by atoms with Crippen molar-refractivity contribution >= 4 is 5.91 Å². The van der Waals surface area contributed by atoms with Gasteiger partial charge < -0.3 is 14.8 Å². The van der Waals surface area contributed by atoms with Crippen molar-refractivity contribution in [3.63, 3.8) is 0 Å². The molecule has 5 heteroatoms. The van der Waals surface area contributed by atoms with Crippen LogP contribution in [0.1, 0.15) is 38.3 Å². The minimum atomic E-state index is -0.000341. The number of nitrogens with zero attached hydrogens (tertiary/aromatic N) is 1. The molecule has 0 spiro atoms. The van der Waals surface area contributed by atoms with E-state index in [0.717, 1.165) is 30.2 Å². The maximum atomic E-state index is 11.9. The van der Waals surface area contributed by atoms with E-state index in [1.807, 2.05) is 26.0 Å². The molecule has 1 fully saturated rings. The summed E-state index contributed by atoms with van der Waals surface area (Å²) < 4.78 is 10.7. The number of likely N-dealkylation sites (tertiary alicyclic amines) is 1. The van der Waals surface area contributed by atoms with Gasteiger partial charge in [0.1, 0.15) is 0 Å². The zero-order valence-electron chi connectivity index (χ0n) is 14.6. The van der Waals surface area contributed by atoms with Crippen LogP contribution in [0, 0.1) is 5.92 Å². The summed E-state index contributed by atoms with van der Waals surface area (Å²) >= 11 is 0. The number of ether oxygens (including phenoxy) is 2. The summed E-state index contributed by atoms with van der Waals surface area (Å²) in [4.78, 5) is 14.4. The Balaban J connectivity index is 2.20. The fourth-order valence-corrected chi connectivity index (χ4v) is 2.97. The first-order chi connectivity index (χ1) is 11.1. The molecule has 1 aliphatic rings. The van der Waals surface area contributed by atoms with Crippen molar-refractivity contribution in [3.05, 3.63) is 23.8 Å². The predicted octanol–water partition coefficient (Wildman–Crippen LogP) is 2.61. The van der Waals surface area contributed by atoms with Gasteiger partial charge in [-0.2, -0.15) is 0 Å². The lowest BCUT2D eigenvalue weighted by molar-refractivity contribution is -0.124. The molecule has 1 N–H and O–H groups in total. The lowest BCUT2D eigenvalue weighted by Gasteiger charge is -2.29. The summed E-state index contributed by atoms with van der Waals surface area (Å²) in [6, 6.07) is 6.18. The molecule has 1 aromatic rings. The summed E-state index contributed by atoms with van der Waals surface area (Å²) in [5, 5.41) is 3.07. The minimum absolute atomic E-state index is 0.000341. The Hall–Kier alpha value is -1.75. The van der Waals surface area contributed by atoms with Crippen molar-refractivity contribution in [1.82, 2.24) is 10.2 Å². The first kappa shape index (κ1) is 17.6. The van der Waals surface area contributed by atoms with Gasteiger partial charge in [-0.1, -0.05) is 19.9 Å². The number of carbonyl (C=O) groups is 1. The SMILES string of the molecule is COc1ccc(C(CNC(=O)C(C)C)N2CCCC2)cc1OC. The van der Waals surface area contributed by atoms with E-state index in [1.54, 1.807) is 14.2 Å². The molecule has 0 bridgehead atoms. The fourth-order valence-electron chi connectivity index (χ4n) is 2.97. The molecule has 0 aliphatic carbocycles. The number of hydrogen-bond donors (Lipinski definition) is 1. The average molecular weight is 320 g/mol. The quantitative estimate of drug-likeness (QED) is 0.839. The van der Waals surface area contributed by atoms with Gasteiger partial charge in [0.2, 0.25) is 5.91 Å². The van der Waals surface area contributed by atoms with Gasteiger partial charge in [-0.15, -0.1) is 0 Å². The molecule has 5 nitrogen and oxygen atoms in total. The van der Waals surface area contributed by atoms with Crippen LogP contribution in [-0.4, -0.2) is 44.7 Å². The second-order valence-electron chi connectivity index (χ2n) is 6.27. The molecule has 1 heterocycles. The van der Waals surface area contributed by atoms with E-state index in [4.69, 9.17) is 9.47 Å². The summed E-state index contributed by atoms with van der Waals surface area (Å²) in [6.07, 6.45) is 2.42. The van der Waals surface area contributed by atoms with Gasteiger partial charge in [0.05, 0.1) is 20.3 Å². The highest BCUT2D eigenvalue weighted by Gasteiger charge is 2.25. The Labute approximate surface area is 139 Å². The Morgan fingerprint density at radius 3 is 2.39 bits per heavy atom. The van der Waals surface area contributed by atoms with Crippen molar-refractivity contribution < 1.29 is 14.3 Å². The minimum Gasteiger partial charge on any atom is -0.493 e. The van der Waals surface area contributed by atoms with Crippen molar-refractivity contribution in [3.8, 4) is 11.5 Å². The van der Waals surface area contributed by atoms with Gasteiger partial charge in [-0.3, -0.25) is 9.69 Å². The molecule has 128 valence electrons. The predicted molar refractivity (Wildman–Crippen MR) is 90.9 cm³/mol. The van der Waals surface area contributed by atoms with Crippen LogP contribution < -0.4 is 14.8 Å². The molecule has 1 aliphatic heterocycles. The van der Waals surface area contributed by atoms with Gasteiger partial charge in [0.15, 0.2) is 11.5 Å². The van der Waals surface area contributed by atoms with Crippen LogP contribution in [-0.2, 0) is 4.79 Å². The van der Waals surface area contributed by atoms with E-state index in [0.29, 0.717) is 6.54 Å². The smallest absolute Gasteiger partial charge is 0.222 e. The highest BCUT2D eigenvalue weighted by Crippen LogP contribution is 2.33. The third-order valence-corrected chi connectivity index (χ3v) is 4.37. The normalized spacial score (nSPS) is 16.4. The van der Waals surface area contributed by atoms with Gasteiger partial charge in [0, 0.05) is 12.5 Å². The van der Waals surface area contributed by atoms with Crippen LogP contribution in [0.3, 0.4) is 0 Å². The molecule has 0 saturated carbocycles. The van der Waals surface area contributed by atoms with Crippen LogP contribution >= 0.6 is 0 Å². The molecular weight excluding hydrogens is 292 g/mol. The highest BCUT2D eigenvalue weighted by molar-refractivity contribution is 5.77. The van der Waals surface area contributed by atoms with E-state index in [2.05, 4.69) is 16.3 Å². The first-order valence-electron chi connectivity index (χ1n) is 8.30. The zero-order chi connectivity index (χ0) is 16.8. The lowest BCUT2D eigenvalue weighted by atomic mass is 10.0. The van der Waals surface area contributed by atoms with E-state index in [1.165, 1.54) is 12.8 Å². The van der Waals surface area contributed by atoms with Crippen LogP contribution in [0.5, 0.6) is 11.5 Å². The standard InChI is InChI=1S/C18H28N2O3/c1-13(2)18(21)19-12-15(20-9-5-6-10-20)14-7-8-16(22-3)17(11-14)23-4/h7-8,11,13,15H,5-6,9-10,12H2,1-4H3,(H,19,21). The van der Waals surface area contributed by atoms with Gasteiger partial charge in [-0.05, 0) is 43.6 Å². The van der Waals surface area contributed by atoms with E-state index < -0.39 is 0 Å². The Morgan fingerprint density at radius 1 is 1.17 bits per heavy atom. The molecule has 1 saturated heterocycles. The number of amides is 1. The second-order valence-corrected chi connectivity index (χ2v) is 6.27. The van der Waals surface area contributed by atoms with Crippen molar-refractivity contribution in [1.29, 1.82) is 0 Å². The van der Waals surface area contributed by atoms with Crippen LogP contribution in [0.2, 0.25) is 0 Å². The zero-order valence-corrected chi connectivity index (χ0v) is 14.6. The number of carbonyl (C=O) groups excluding carboxylic acids is 1. The van der Waals surface area contributed by atoms with E-state index in [9.17, 15) is 4.79 Å². The van der Waals surface area contributed by atoms with Crippen molar-refractivity contribution in [2.45, 2.75) is 32.7 Å². The molecule has 1 amide bonds. The van der Waals surface area contributed by atoms with Crippen molar-refractivity contribution in [2.24, 2.45) is 5.92 Å². The van der Waals surface area contributed by atoms with Crippen LogP contribution in [0.25, 0.3) is 0 Å². The third-order valence-electron chi connectivity index (χ3n) is 4.37. The van der Waals surface area contributed by atoms with Gasteiger partial charge in [0.25, 0.3) is 0 Å². The van der Waals surface area contributed by atoms with Gasteiger partial charge >= 0.3 is 0 Å². The molecule has 2 rings (SSSR count). The fraction of sp³-hybridized carbons (Fsp3) is 0.611. The van der Waals surface area contributed by atoms with Crippen LogP contribution in [0.4, 0.5) is 0 Å². The summed E-state index contributed by atoms with van der Waals surface area (Å²) in [7, 11) is 3.28. The number of nitrogens with one attached hydrogen (secondary N) is 1. The number of hydrogen-bond acceptors (Lipinski definition) is 4. The average Bonchev–Trinajstić information content (AvgIpc) is 3.08. The van der Waals surface area contributed by atoms with Gasteiger partial charge in [-0.25, -0.2) is 0 Å². The molecule has 23 heavy (non-hydrogen) atoms. The monoisotopic (exact) mass is 320 g/mol. The summed E-state index contributed by atoms with van der Waals surface area (Å²) in [5.74, 6) is 1.54. The largest absolute Gasteiger partial charge is 0.493 e. The Morgan fingerprint density at radius 2 is 1.83 bits per heavy atom. The molecular formula is C18H28N2O3. The Bertz CT molecular complexity index is 525. The maximum absolute atomic E-state index is 11.9. The number of benzene rings is 1. The summed E-state index contributed by atoms with van der Waals surface area (Å²) in [5.41, 5.74) is 1.15. The molecule has 0 aromatic heterocycles. The molecule has 1 atom stereocenters. The maximum Gasteiger partial charge on any atom is 0.222 e. The third kappa shape index (κ3) is 4.38. The lowest BCUT2D eigenvalue weighted by Crippen LogP contribution is -2.38. The number of rotatable bonds is 7. The Kier molecular flexibility index (Phi) is 6.28. The van der Waals surface area contributed by atoms with Crippen LogP contribution in [0.15, 0.2) is 18.2 Å². The summed E-state index contributed by atoms with van der Waals surface area (Å²) in [6.45, 7) is 6.58. The molecule has 1 unspecified atom stereocenters.